The van der Waals surface area contributed by atoms with Crippen molar-refractivity contribution in [2.75, 3.05) is 52.8 Å². The van der Waals surface area contributed by atoms with Crippen LogP contribution in [-0.2, 0) is 14.2 Å². The van der Waals surface area contributed by atoms with Crippen molar-refractivity contribution >= 4 is 5.78 Å². The van der Waals surface area contributed by atoms with Crippen molar-refractivity contribution in [3.05, 3.63) is 65.2 Å². The highest BCUT2D eigenvalue weighted by atomic mass is 16.5. The van der Waals surface area contributed by atoms with Crippen LogP contribution in [0.25, 0.3) is 0 Å². The summed E-state index contributed by atoms with van der Waals surface area (Å²) in [6, 6.07) is 15.0. The largest absolute Gasteiger partial charge is 0.494 e. The van der Waals surface area contributed by atoms with Gasteiger partial charge in [-0.15, -0.1) is 0 Å². The first-order valence-corrected chi connectivity index (χ1v) is 11.0. The Kier molecular flexibility index (Phi) is 12.5. The van der Waals surface area contributed by atoms with Gasteiger partial charge >= 0.3 is 0 Å². The summed E-state index contributed by atoms with van der Waals surface area (Å²) in [5.41, 5.74) is 7.84. The predicted molar refractivity (Wildman–Crippen MR) is 122 cm³/mol. The zero-order chi connectivity index (χ0) is 22.2. The maximum Gasteiger partial charge on any atom is 0.193 e. The van der Waals surface area contributed by atoms with Gasteiger partial charge in [0.25, 0.3) is 0 Å². The number of benzene rings is 2. The quantitative estimate of drug-likeness (QED) is 0.304. The fourth-order valence-corrected chi connectivity index (χ4v) is 2.87. The van der Waals surface area contributed by atoms with Crippen LogP contribution in [-0.4, -0.2) is 58.6 Å². The number of carbonyl (C=O) groups is 1. The van der Waals surface area contributed by atoms with Crippen LogP contribution in [0.15, 0.2) is 48.5 Å². The normalized spacial score (nSPS) is 10.9. The van der Waals surface area contributed by atoms with Gasteiger partial charge in [-0.1, -0.05) is 29.8 Å². The Morgan fingerprint density at radius 3 is 1.81 bits per heavy atom. The van der Waals surface area contributed by atoms with E-state index in [-0.39, 0.29) is 5.78 Å². The standard InChI is InChI=1S/C25H35NO5/c1-21-5-7-22(8-6-21)25(27)23-9-11-24(12-10-23)31-15-4-2-3-14-28-17-19-30-20-18-29-16-13-26/h5-12H,2-4,13-20,26H2,1H3. The number of carbonyl (C=O) groups excluding carboxylic acids is 1. The summed E-state index contributed by atoms with van der Waals surface area (Å²) < 4.78 is 21.9. The van der Waals surface area contributed by atoms with Gasteiger partial charge in [-0.05, 0) is 50.5 Å². The first kappa shape index (κ1) is 25.0. The molecule has 0 aliphatic carbocycles. The van der Waals surface area contributed by atoms with E-state index in [0.717, 1.165) is 37.2 Å². The molecule has 0 unspecified atom stereocenters. The van der Waals surface area contributed by atoms with Gasteiger partial charge < -0.3 is 24.7 Å². The van der Waals surface area contributed by atoms with Gasteiger partial charge in [0.2, 0.25) is 0 Å². The van der Waals surface area contributed by atoms with E-state index in [1.54, 1.807) is 0 Å². The minimum atomic E-state index is 0.0249. The predicted octanol–water partition coefficient (Wildman–Crippen LogP) is 3.78. The number of rotatable bonds is 17. The smallest absolute Gasteiger partial charge is 0.193 e. The number of aryl methyl sites for hydroxylation is 1. The Bertz CT molecular complexity index is 731. The van der Waals surface area contributed by atoms with Gasteiger partial charge in [-0.25, -0.2) is 0 Å². The molecule has 2 N–H and O–H groups in total. The molecule has 0 atom stereocenters. The molecule has 2 rings (SSSR count). The van der Waals surface area contributed by atoms with E-state index < -0.39 is 0 Å². The fraction of sp³-hybridized carbons (Fsp3) is 0.480. The number of ketones is 1. The molecular weight excluding hydrogens is 394 g/mol. The highest BCUT2D eigenvalue weighted by molar-refractivity contribution is 6.09. The van der Waals surface area contributed by atoms with Crippen LogP contribution in [0, 0.1) is 6.92 Å². The lowest BCUT2D eigenvalue weighted by Gasteiger charge is -2.08. The molecule has 0 amide bonds. The summed E-state index contributed by atoms with van der Waals surface area (Å²) in [5.74, 6) is 0.807. The van der Waals surface area contributed by atoms with Crippen LogP contribution in [0.5, 0.6) is 5.75 Å². The number of unbranched alkanes of at least 4 members (excludes halogenated alkanes) is 2. The van der Waals surface area contributed by atoms with E-state index in [2.05, 4.69) is 0 Å². The second kappa shape index (κ2) is 15.5. The lowest BCUT2D eigenvalue weighted by Crippen LogP contribution is -2.13. The van der Waals surface area contributed by atoms with Gasteiger partial charge in [-0.3, -0.25) is 4.79 Å². The van der Waals surface area contributed by atoms with E-state index in [1.807, 2.05) is 55.5 Å². The van der Waals surface area contributed by atoms with Crippen molar-refractivity contribution in [3.8, 4) is 5.75 Å². The van der Waals surface area contributed by atoms with Gasteiger partial charge in [0.1, 0.15) is 5.75 Å². The summed E-state index contributed by atoms with van der Waals surface area (Å²) >= 11 is 0. The third-order valence-corrected chi connectivity index (χ3v) is 4.64. The molecule has 0 aliphatic heterocycles. The average Bonchev–Trinajstić information content (AvgIpc) is 2.80. The van der Waals surface area contributed by atoms with Crippen molar-refractivity contribution < 1.29 is 23.7 Å². The number of ether oxygens (including phenoxy) is 4. The first-order chi connectivity index (χ1) is 15.2. The molecule has 6 heteroatoms. The van der Waals surface area contributed by atoms with E-state index in [0.29, 0.717) is 57.3 Å². The summed E-state index contributed by atoms with van der Waals surface area (Å²) in [7, 11) is 0. The Balaban J connectivity index is 1.49. The maximum atomic E-state index is 12.5. The molecule has 0 aromatic heterocycles. The molecule has 0 saturated heterocycles. The van der Waals surface area contributed by atoms with Gasteiger partial charge in [0.05, 0.1) is 39.6 Å². The monoisotopic (exact) mass is 429 g/mol. The van der Waals surface area contributed by atoms with Crippen molar-refractivity contribution in [1.29, 1.82) is 0 Å². The maximum absolute atomic E-state index is 12.5. The van der Waals surface area contributed by atoms with Crippen molar-refractivity contribution in [1.82, 2.24) is 0 Å². The highest BCUT2D eigenvalue weighted by Crippen LogP contribution is 2.16. The van der Waals surface area contributed by atoms with E-state index in [1.165, 1.54) is 0 Å². The third kappa shape index (κ3) is 10.6. The number of hydrogen-bond donors (Lipinski definition) is 1. The Morgan fingerprint density at radius 2 is 1.19 bits per heavy atom. The minimum Gasteiger partial charge on any atom is -0.494 e. The molecule has 0 saturated carbocycles. The molecule has 2 aromatic rings. The first-order valence-electron chi connectivity index (χ1n) is 11.0. The van der Waals surface area contributed by atoms with E-state index >= 15 is 0 Å². The van der Waals surface area contributed by atoms with Gasteiger partial charge in [-0.2, -0.15) is 0 Å². The molecule has 0 radical (unpaired) electrons. The lowest BCUT2D eigenvalue weighted by atomic mass is 10.0. The molecule has 0 spiro atoms. The van der Waals surface area contributed by atoms with Crippen molar-refractivity contribution in [3.63, 3.8) is 0 Å². The van der Waals surface area contributed by atoms with Crippen LogP contribution < -0.4 is 10.5 Å². The molecule has 6 nitrogen and oxygen atoms in total. The van der Waals surface area contributed by atoms with Crippen LogP contribution in [0.1, 0.15) is 40.7 Å². The van der Waals surface area contributed by atoms with Crippen LogP contribution in [0.4, 0.5) is 0 Å². The lowest BCUT2D eigenvalue weighted by molar-refractivity contribution is 0.0152. The Morgan fingerprint density at radius 1 is 0.677 bits per heavy atom. The second-order valence-corrected chi connectivity index (χ2v) is 7.25. The highest BCUT2D eigenvalue weighted by Gasteiger charge is 2.08. The van der Waals surface area contributed by atoms with Gasteiger partial charge in [0.15, 0.2) is 5.78 Å². The molecule has 0 heterocycles. The molecule has 170 valence electrons. The third-order valence-electron chi connectivity index (χ3n) is 4.64. The number of nitrogens with two attached hydrogens (primary N) is 1. The topological polar surface area (TPSA) is 80.0 Å². The molecule has 0 bridgehead atoms. The average molecular weight is 430 g/mol. The second-order valence-electron chi connectivity index (χ2n) is 7.25. The molecular formula is C25H35NO5. The van der Waals surface area contributed by atoms with E-state index in [4.69, 9.17) is 24.7 Å². The minimum absolute atomic E-state index is 0.0249. The summed E-state index contributed by atoms with van der Waals surface area (Å²) in [6.45, 7) is 6.81. The zero-order valence-corrected chi connectivity index (χ0v) is 18.5. The van der Waals surface area contributed by atoms with Crippen molar-refractivity contribution in [2.24, 2.45) is 5.73 Å². The fourth-order valence-electron chi connectivity index (χ4n) is 2.87. The molecule has 2 aromatic carbocycles. The SMILES string of the molecule is Cc1ccc(C(=O)c2ccc(OCCCCCOCCOCCOCCN)cc2)cc1. The summed E-state index contributed by atoms with van der Waals surface area (Å²) in [6.07, 6.45) is 2.99. The Hall–Kier alpha value is -2.25. The van der Waals surface area contributed by atoms with Gasteiger partial charge in [0, 0.05) is 24.3 Å². The van der Waals surface area contributed by atoms with Crippen LogP contribution in [0.2, 0.25) is 0 Å². The Labute approximate surface area is 185 Å². The number of hydrogen-bond acceptors (Lipinski definition) is 6. The summed E-state index contributed by atoms with van der Waals surface area (Å²) in [4.78, 5) is 12.5. The van der Waals surface area contributed by atoms with Crippen molar-refractivity contribution in [2.45, 2.75) is 26.2 Å². The molecule has 0 fully saturated rings. The summed E-state index contributed by atoms with van der Waals surface area (Å²) in [5, 5.41) is 0. The molecule has 31 heavy (non-hydrogen) atoms. The van der Waals surface area contributed by atoms with Crippen LogP contribution >= 0.6 is 0 Å². The van der Waals surface area contributed by atoms with Crippen LogP contribution in [0.3, 0.4) is 0 Å². The zero-order valence-electron chi connectivity index (χ0n) is 18.5. The van der Waals surface area contributed by atoms with E-state index in [9.17, 15) is 4.79 Å². The molecule has 0 aliphatic rings.